The van der Waals surface area contributed by atoms with Gasteiger partial charge in [0.05, 0.1) is 6.33 Å². The number of sulfonamides is 1. The number of hydrogen-bond acceptors (Lipinski definition) is 6. The highest BCUT2D eigenvalue weighted by molar-refractivity contribution is 7.89. The van der Waals surface area contributed by atoms with Gasteiger partial charge in [-0.1, -0.05) is 25.4 Å². The van der Waals surface area contributed by atoms with Crippen molar-refractivity contribution in [3.05, 3.63) is 54.3 Å². The Balaban J connectivity index is 1.46. The highest BCUT2D eigenvalue weighted by Gasteiger charge is 2.24. The SMILES string of the molecule is Cn1cnc(S(=O)(=O)NCC(C)(C)CNc2cc(-c3c[nH]c4ncccc34)cc(Cl)n2)c1. The molecule has 4 heterocycles. The Bertz CT molecular complexity index is 1360. The topological polar surface area (TPSA) is 118 Å². The van der Waals surface area contributed by atoms with Gasteiger partial charge >= 0.3 is 0 Å². The van der Waals surface area contributed by atoms with Gasteiger partial charge in [0, 0.05) is 49.7 Å². The van der Waals surface area contributed by atoms with Gasteiger partial charge < -0.3 is 14.9 Å². The summed E-state index contributed by atoms with van der Waals surface area (Å²) in [6.07, 6.45) is 6.54. The molecule has 0 spiro atoms. The predicted molar refractivity (Wildman–Crippen MR) is 125 cm³/mol. The number of rotatable bonds is 8. The number of anilines is 1. The predicted octanol–water partition coefficient (Wildman–Crippen LogP) is 3.43. The lowest BCUT2D eigenvalue weighted by Gasteiger charge is -2.25. The summed E-state index contributed by atoms with van der Waals surface area (Å²) in [6.45, 7) is 4.61. The summed E-state index contributed by atoms with van der Waals surface area (Å²) in [4.78, 5) is 15.8. The largest absolute Gasteiger partial charge is 0.369 e. The van der Waals surface area contributed by atoms with E-state index < -0.39 is 15.4 Å². The van der Waals surface area contributed by atoms with Crippen LogP contribution in [0.25, 0.3) is 22.2 Å². The zero-order valence-electron chi connectivity index (χ0n) is 17.9. The minimum Gasteiger partial charge on any atom is -0.369 e. The van der Waals surface area contributed by atoms with E-state index in [1.54, 1.807) is 23.9 Å². The van der Waals surface area contributed by atoms with Crippen LogP contribution in [0.3, 0.4) is 0 Å². The molecule has 0 fully saturated rings. The van der Waals surface area contributed by atoms with Crippen molar-refractivity contribution in [2.45, 2.75) is 18.9 Å². The Hall–Kier alpha value is -2.95. The van der Waals surface area contributed by atoms with Crippen molar-refractivity contribution in [2.24, 2.45) is 12.5 Å². The molecule has 0 atom stereocenters. The van der Waals surface area contributed by atoms with Crippen LogP contribution in [0.1, 0.15) is 13.8 Å². The quantitative estimate of drug-likeness (QED) is 0.337. The van der Waals surface area contributed by atoms with E-state index in [-0.39, 0.29) is 11.6 Å². The molecule has 0 aromatic carbocycles. The fraction of sp³-hybridized carbons (Fsp3) is 0.286. The first kappa shape index (κ1) is 22.3. The monoisotopic (exact) mass is 473 g/mol. The maximum atomic E-state index is 12.4. The minimum absolute atomic E-state index is 0.00173. The molecule has 0 saturated carbocycles. The zero-order chi connectivity index (χ0) is 22.9. The third kappa shape index (κ3) is 4.93. The van der Waals surface area contributed by atoms with Crippen molar-refractivity contribution in [3.8, 4) is 11.1 Å². The van der Waals surface area contributed by atoms with Crippen LogP contribution in [-0.4, -0.2) is 46.0 Å². The normalized spacial score (nSPS) is 12.4. The molecule has 168 valence electrons. The summed E-state index contributed by atoms with van der Waals surface area (Å²) in [6, 6.07) is 7.59. The Kier molecular flexibility index (Phi) is 5.93. The fourth-order valence-corrected chi connectivity index (χ4v) is 4.65. The first-order valence-electron chi connectivity index (χ1n) is 9.95. The molecule has 0 aliphatic heterocycles. The third-order valence-corrected chi connectivity index (χ3v) is 6.48. The molecule has 0 aliphatic carbocycles. The molecule has 0 aliphatic rings. The van der Waals surface area contributed by atoms with Gasteiger partial charge in [-0.3, -0.25) is 0 Å². The van der Waals surface area contributed by atoms with Crippen molar-refractivity contribution in [1.82, 2.24) is 29.2 Å². The second-order valence-corrected chi connectivity index (χ2v) is 10.5. The Morgan fingerprint density at radius 1 is 1.22 bits per heavy atom. The van der Waals surface area contributed by atoms with Crippen LogP contribution in [0.4, 0.5) is 5.82 Å². The lowest BCUT2D eigenvalue weighted by molar-refractivity contribution is 0.387. The standard InChI is InChI=1S/C21H24ClN7O2S/c1-21(2,12-27-32(30,31)19-10-29(3)13-26-19)11-25-18-8-14(7-17(22)28-18)16-9-24-20-15(16)5-4-6-23-20/h4-10,13,27H,11-12H2,1-3H3,(H,23,24)(H,25,28). The summed E-state index contributed by atoms with van der Waals surface area (Å²) in [5, 5.41) is 4.63. The van der Waals surface area contributed by atoms with E-state index in [2.05, 4.69) is 30.0 Å². The Morgan fingerprint density at radius 2 is 2.03 bits per heavy atom. The van der Waals surface area contributed by atoms with Gasteiger partial charge in [0.25, 0.3) is 10.0 Å². The molecule has 4 aromatic heterocycles. The van der Waals surface area contributed by atoms with Gasteiger partial charge in [-0.05, 0) is 35.2 Å². The molecular weight excluding hydrogens is 450 g/mol. The van der Waals surface area contributed by atoms with Crippen LogP contribution in [0.2, 0.25) is 5.15 Å². The summed E-state index contributed by atoms with van der Waals surface area (Å²) in [7, 11) is -1.95. The summed E-state index contributed by atoms with van der Waals surface area (Å²) in [5.74, 6) is 0.603. The second-order valence-electron chi connectivity index (χ2n) is 8.39. The van der Waals surface area contributed by atoms with Gasteiger partial charge in [0.2, 0.25) is 0 Å². The first-order chi connectivity index (χ1) is 15.1. The fourth-order valence-electron chi connectivity index (χ4n) is 3.22. The molecule has 11 heteroatoms. The number of aromatic nitrogens is 5. The van der Waals surface area contributed by atoms with Crippen molar-refractivity contribution >= 4 is 38.5 Å². The molecule has 3 N–H and O–H groups in total. The van der Waals surface area contributed by atoms with E-state index >= 15 is 0 Å². The van der Waals surface area contributed by atoms with E-state index in [0.29, 0.717) is 17.5 Å². The van der Waals surface area contributed by atoms with E-state index in [9.17, 15) is 8.42 Å². The van der Waals surface area contributed by atoms with Crippen LogP contribution < -0.4 is 10.0 Å². The summed E-state index contributed by atoms with van der Waals surface area (Å²) >= 11 is 6.28. The first-order valence-corrected chi connectivity index (χ1v) is 11.8. The van der Waals surface area contributed by atoms with Crippen molar-refractivity contribution in [2.75, 3.05) is 18.4 Å². The second kappa shape index (κ2) is 8.53. The average molecular weight is 474 g/mol. The minimum atomic E-state index is -3.68. The molecule has 0 unspecified atom stereocenters. The molecule has 0 saturated heterocycles. The number of nitrogens with zero attached hydrogens (tertiary/aromatic N) is 4. The molecule has 0 bridgehead atoms. The van der Waals surface area contributed by atoms with E-state index in [1.165, 1.54) is 12.5 Å². The van der Waals surface area contributed by atoms with Crippen LogP contribution in [0, 0.1) is 5.41 Å². The molecule has 4 aromatic rings. The van der Waals surface area contributed by atoms with E-state index in [0.717, 1.165) is 22.2 Å². The molecule has 0 amide bonds. The highest BCUT2D eigenvalue weighted by Crippen LogP contribution is 2.30. The van der Waals surface area contributed by atoms with Crippen LogP contribution >= 0.6 is 11.6 Å². The smallest absolute Gasteiger partial charge is 0.259 e. The average Bonchev–Trinajstić information content (AvgIpc) is 3.38. The van der Waals surface area contributed by atoms with Gasteiger partial charge in [0.1, 0.15) is 16.6 Å². The third-order valence-electron chi connectivity index (χ3n) is 5.00. The van der Waals surface area contributed by atoms with E-state index in [4.69, 9.17) is 11.6 Å². The number of halogens is 1. The maximum Gasteiger partial charge on any atom is 0.259 e. The number of imidazole rings is 1. The lowest BCUT2D eigenvalue weighted by Crippen LogP contribution is -2.38. The highest BCUT2D eigenvalue weighted by atomic mass is 35.5. The number of nitrogens with one attached hydrogen (secondary N) is 3. The molecule has 0 radical (unpaired) electrons. The number of hydrogen-bond donors (Lipinski definition) is 3. The number of fused-ring (bicyclic) bond motifs is 1. The maximum absolute atomic E-state index is 12.4. The van der Waals surface area contributed by atoms with Gasteiger partial charge in [-0.15, -0.1) is 0 Å². The molecule has 9 nitrogen and oxygen atoms in total. The van der Waals surface area contributed by atoms with Crippen molar-refractivity contribution in [1.29, 1.82) is 0 Å². The summed E-state index contributed by atoms with van der Waals surface area (Å²) in [5.41, 5.74) is 2.27. The van der Waals surface area contributed by atoms with Gasteiger partial charge in [-0.25, -0.2) is 28.1 Å². The van der Waals surface area contributed by atoms with Crippen molar-refractivity contribution < 1.29 is 8.42 Å². The number of H-pyrrole nitrogens is 1. The zero-order valence-corrected chi connectivity index (χ0v) is 19.5. The van der Waals surface area contributed by atoms with Crippen LogP contribution in [0.5, 0.6) is 0 Å². The molecular formula is C21H24ClN7O2S. The van der Waals surface area contributed by atoms with Crippen LogP contribution in [-0.2, 0) is 17.1 Å². The van der Waals surface area contributed by atoms with Crippen molar-refractivity contribution in [3.63, 3.8) is 0 Å². The van der Waals surface area contributed by atoms with Crippen LogP contribution in [0.15, 0.2) is 54.2 Å². The Labute approximate surface area is 191 Å². The number of aromatic amines is 1. The molecule has 32 heavy (non-hydrogen) atoms. The summed E-state index contributed by atoms with van der Waals surface area (Å²) < 4.78 is 29.1. The number of pyridine rings is 2. The lowest BCUT2D eigenvalue weighted by atomic mass is 9.94. The Morgan fingerprint density at radius 3 is 2.78 bits per heavy atom. The number of aryl methyl sites for hydroxylation is 1. The van der Waals surface area contributed by atoms with E-state index in [1.807, 2.05) is 38.2 Å². The van der Waals surface area contributed by atoms with Gasteiger partial charge in [-0.2, -0.15) is 0 Å². The molecule has 4 rings (SSSR count). The van der Waals surface area contributed by atoms with Gasteiger partial charge in [0.15, 0.2) is 5.03 Å².